The van der Waals surface area contributed by atoms with Crippen molar-refractivity contribution in [3.8, 4) is 5.88 Å². The van der Waals surface area contributed by atoms with E-state index in [2.05, 4.69) is 20.5 Å². The van der Waals surface area contributed by atoms with E-state index in [1.165, 1.54) is 0 Å². The third kappa shape index (κ3) is 5.63. The zero-order valence-electron chi connectivity index (χ0n) is 13.4. The summed E-state index contributed by atoms with van der Waals surface area (Å²) in [6.07, 6.45) is -5.08. The van der Waals surface area contributed by atoms with Gasteiger partial charge in [-0.3, -0.25) is 5.10 Å². The van der Waals surface area contributed by atoms with Crippen molar-refractivity contribution < 1.29 is 27.8 Å². The Morgan fingerprint density at radius 3 is 2.33 bits per heavy atom. The fourth-order valence-corrected chi connectivity index (χ4v) is 2.37. The SMILES string of the molecule is COc1ccc2[nH]nc(Nc3cc(Cl)cc(Cl)c3)c2n1.O=C(O)C(F)(F)F. The molecule has 0 saturated heterocycles. The van der Waals surface area contributed by atoms with Crippen LogP contribution in [0.25, 0.3) is 11.0 Å². The molecule has 27 heavy (non-hydrogen) atoms. The first kappa shape index (κ1) is 20.6. The number of carboxylic acid groups (broad SMARTS) is 1. The lowest BCUT2D eigenvalue weighted by Crippen LogP contribution is -2.21. The maximum absolute atomic E-state index is 10.6. The maximum atomic E-state index is 10.6. The van der Waals surface area contributed by atoms with Gasteiger partial charge in [0.25, 0.3) is 0 Å². The molecule has 1 aromatic carbocycles. The van der Waals surface area contributed by atoms with Crippen molar-refractivity contribution in [1.29, 1.82) is 0 Å². The molecule has 0 saturated carbocycles. The van der Waals surface area contributed by atoms with Crippen LogP contribution in [-0.4, -0.2) is 39.5 Å². The van der Waals surface area contributed by atoms with Crippen LogP contribution in [0.5, 0.6) is 5.88 Å². The largest absolute Gasteiger partial charge is 0.490 e. The Labute approximate surface area is 160 Å². The molecule has 3 N–H and O–H groups in total. The van der Waals surface area contributed by atoms with Gasteiger partial charge in [-0.1, -0.05) is 23.2 Å². The number of aromatic amines is 1. The highest BCUT2D eigenvalue weighted by molar-refractivity contribution is 6.35. The standard InChI is InChI=1S/C13H10Cl2N4O.C2HF3O2/c1-20-11-3-2-10-12(17-11)13(19-18-10)16-9-5-7(14)4-8(15)6-9;3-2(4,5)1(6)7/h2-6H,1H3,(H2,16,18,19);(H,6,7). The minimum Gasteiger partial charge on any atom is -0.481 e. The third-order valence-corrected chi connectivity index (χ3v) is 3.40. The van der Waals surface area contributed by atoms with E-state index < -0.39 is 12.1 Å². The zero-order valence-corrected chi connectivity index (χ0v) is 14.9. The number of alkyl halides is 3. The molecule has 0 fully saturated rings. The van der Waals surface area contributed by atoms with Gasteiger partial charge < -0.3 is 15.2 Å². The normalized spacial score (nSPS) is 10.9. The van der Waals surface area contributed by atoms with Crippen LogP contribution in [-0.2, 0) is 4.79 Å². The van der Waals surface area contributed by atoms with Gasteiger partial charge in [-0.2, -0.15) is 18.3 Å². The number of anilines is 2. The smallest absolute Gasteiger partial charge is 0.481 e. The number of hydrogen-bond donors (Lipinski definition) is 3. The van der Waals surface area contributed by atoms with Gasteiger partial charge in [-0.05, 0) is 24.3 Å². The van der Waals surface area contributed by atoms with Gasteiger partial charge in [-0.15, -0.1) is 0 Å². The topological polar surface area (TPSA) is 100 Å². The Kier molecular flexibility index (Phi) is 6.34. The summed E-state index contributed by atoms with van der Waals surface area (Å²) >= 11 is 11.9. The van der Waals surface area contributed by atoms with Crippen LogP contribution in [0.3, 0.4) is 0 Å². The van der Waals surface area contributed by atoms with Crippen LogP contribution >= 0.6 is 23.2 Å². The van der Waals surface area contributed by atoms with Crippen molar-refractivity contribution in [3.05, 3.63) is 40.4 Å². The number of benzene rings is 1. The van der Waals surface area contributed by atoms with Crippen molar-refractivity contribution in [1.82, 2.24) is 15.2 Å². The van der Waals surface area contributed by atoms with Crippen LogP contribution in [0.4, 0.5) is 24.7 Å². The second-order valence-corrected chi connectivity index (χ2v) is 5.78. The quantitative estimate of drug-likeness (QED) is 0.567. The number of H-pyrrole nitrogens is 1. The minimum absolute atomic E-state index is 0.520. The highest BCUT2D eigenvalue weighted by atomic mass is 35.5. The number of ether oxygens (including phenoxy) is 1. The van der Waals surface area contributed by atoms with Crippen molar-refractivity contribution >= 4 is 51.7 Å². The lowest BCUT2D eigenvalue weighted by molar-refractivity contribution is -0.192. The van der Waals surface area contributed by atoms with Gasteiger partial charge in [0.15, 0.2) is 5.82 Å². The molecule has 0 spiro atoms. The van der Waals surface area contributed by atoms with Crippen LogP contribution < -0.4 is 10.1 Å². The Bertz CT molecular complexity index is 943. The van der Waals surface area contributed by atoms with Crippen molar-refractivity contribution in [2.24, 2.45) is 0 Å². The average Bonchev–Trinajstić information content (AvgIpc) is 2.95. The summed E-state index contributed by atoms with van der Waals surface area (Å²) in [7, 11) is 1.57. The summed E-state index contributed by atoms with van der Waals surface area (Å²) in [6, 6.07) is 8.80. The van der Waals surface area contributed by atoms with Gasteiger partial charge in [0.05, 0.1) is 12.6 Å². The van der Waals surface area contributed by atoms with Crippen LogP contribution in [0.1, 0.15) is 0 Å². The van der Waals surface area contributed by atoms with E-state index in [9.17, 15) is 13.2 Å². The number of nitrogens with zero attached hydrogens (tertiary/aromatic N) is 2. The minimum atomic E-state index is -5.08. The molecule has 2 aromatic heterocycles. The van der Waals surface area contributed by atoms with E-state index in [0.29, 0.717) is 27.3 Å². The van der Waals surface area contributed by atoms with Crippen molar-refractivity contribution in [2.75, 3.05) is 12.4 Å². The number of hydrogen-bond acceptors (Lipinski definition) is 5. The molecule has 12 heteroatoms. The van der Waals surface area contributed by atoms with Gasteiger partial charge in [-0.25, -0.2) is 9.78 Å². The second-order valence-electron chi connectivity index (χ2n) is 4.91. The summed E-state index contributed by atoms with van der Waals surface area (Å²) in [5.41, 5.74) is 2.22. The molecule has 0 bridgehead atoms. The van der Waals surface area contributed by atoms with E-state index in [1.54, 1.807) is 31.4 Å². The monoisotopic (exact) mass is 422 g/mol. The highest BCUT2D eigenvalue weighted by Crippen LogP contribution is 2.28. The summed E-state index contributed by atoms with van der Waals surface area (Å²) in [4.78, 5) is 13.2. The Morgan fingerprint density at radius 2 is 1.81 bits per heavy atom. The van der Waals surface area contributed by atoms with Gasteiger partial charge in [0.1, 0.15) is 5.52 Å². The molecular formula is C15H11Cl2F3N4O3. The van der Waals surface area contributed by atoms with Crippen LogP contribution in [0.2, 0.25) is 10.0 Å². The fraction of sp³-hybridized carbons (Fsp3) is 0.133. The molecular weight excluding hydrogens is 412 g/mol. The number of fused-ring (bicyclic) bond motifs is 1. The average molecular weight is 423 g/mol. The number of nitrogens with one attached hydrogen (secondary N) is 2. The predicted molar refractivity (Wildman–Crippen MR) is 93.9 cm³/mol. The fourth-order valence-electron chi connectivity index (χ4n) is 1.84. The number of rotatable bonds is 3. The number of carboxylic acids is 1. The first-order valence-electron chi connectivity index (χ1n) is 7.02. The molecule has 3 rings (SSSR count). The van der Waals surface area contributed by atoms with E-state index in [0.717, 1.165) is 11.2 Å². The molecule has 0 atom stereocenters. The summed E-state index contributed by atoms with van der Waals surface area (Å²) < 4.78 is 36.8. The number of halogens is 5. The number of carbonyl (C=O) groups is 1. The number of aliphatic carboxylic acids is 1. The van der Waals surface area contributed by atoms with E-state index in [1.807, 2.05) is 6.07 Å². The van der Waals surface area contributed by atoms with Crippen LogP contribution in [0, 0.1) is 0 Å². The lowest BCUT2D eigenvalue weighted by Gasteiger charge is -2.05. The van der Waals surface area contributed by atoms with Gasteiger partial charge in [0.2, 0.25) is 5.88 Å². The van der Waals surface area contributed by atoms with Gasteiger partial charge >= 0.3 is 12.1 Å². The summed E-state index contributed by atoms with van der Waals surface area (Å²) in [6.45, 7) is 0. The van der Waals surface area contributed by atoms with Gasteiger partial charge in [0, 0.05) is 21.8 Å². The second kappa shape index (κ2) is 8.31. The highest BCUT2D eigenvalue weighted by Gasteiger charge is 2.38. The first-order chi connectivity index (χ1) is 12.6. The Morgan fingerprint density at radius 1 is 1.22 bits per heavy atom. The maximum Gasteiger partial charge on any atom is 0.490 e. The predicted octanol–water partition coefficient (Wildman–Crippen LogP) is 4.65. The zero-order chi connectivity index (χ0) is 20.2. The van der Waals surface area contributed by atoms with Crippen LogP contribution in [0.15, 0.2) is 30.3 Å². The molecule has 3 aromatic rings. The van der Waals surface area contributed by atoms with E-state index in [-0.39, 0.29) is 0 Å². The van der Waals surface area contributed by atoms with E-state index >= 15 is 0 Å². The Balaban J connectivity index is 0.000000321. The first-order valence-corrected chi connectivity index (χ1v) is 7.78. The lowest BCUT2D eigenvalue weighted by atomic mass is 10.3. The molecule has 0 aliphatic carbocycles. The molecule has 0 aliphatic rings. The molecule has 0 aliphatic heterocycles. The third-order valence-electron chi connectivity index (χ3n) is 2.96. The molecule has 2 heterocycles. The summed E-state index contributed by atoms with van der Waals surface area (Å²) in [5.74, 6) is -1.66. The Hall–Kier alpha value is -2.72. The van der Waals surface area contributed by atoms with E-state index in [4.69, 9.17) is 37.8 Å². The molecule has 0 unspecified atom stereocenters. The molecule has 0 amide bonds. The molecule has 0 radical (unpaired) electrons. The number of methoxy groups -OCH3 is 1. The molecule has 144 valence electrons. The number of pyridine rings is 1. The summed E-state index contributed by atoms with van der Waals surface area (Å²) in [5, 5.41) is 18.4. The number of aromatic nitrogens is 3. The van der Waals surface area contributed by atoms with Crippen molar-refractivity contribution in [3.63, 3.8) is 0 Å². The molecule has 7 nitrogen and oxygen atoms in total. The van der Waals surface area contributed by atoms with Crippen molar-refractivity contribution in [2.45, 2.75) is 6.18 Å².